The van der Waals surface area contributed by atoms with E-state index < -0.39 is 0 Å². The maximum Gasteiger partial charge on any atom is 0.0698 e. The number of nitrogens with one attached hydrogen (secondary N) is 1. The van der Waals surface area contributed by atoms with Crippen LogP contribution < -0.4 is 5.32 Å². The number of nitrogens with zero attached hydrogens (tertiary/aromatic N) is 1. The summed E-state index contributed by atoms with van der Waals surface area (Å²) in [5.74, 6) is 1.68. The second-order valence-electron chi connectivity index (χ2n) is 4.65. The summed E-state index contributed by atoms with van der Waals surface area (Å²) in [4.78, 5) is 2.52. The van der Waals surface area contributed by atoms with Gasteiger partial charge in [0.1, 0.15) is 0 Å². The van der Waals surface area contributed by atoms with Crippen LogP contribution in [0.5, 0.6) is 0 Å². The summed E-state index contributed by atoms with van der Waals surface area (Å²) < 4.78 is 5.31. The van der Waals surface area contributed by atoms with E-state index >= 15 is 0 Å². The molecule has 2 saturated heterocycles. The van der Waals surface area contributed by atoms with Crippen molar-refractivity contribution >= 4 is 0 Å². The number of rotatable bonds is 5. The van der Waals surface area contributed by atoms with Gasteiger partial charge in [-0.15, -0.1) is 0 Å². The molecular weight excluding hydrogens is 192 g/mol. The fourth-order valence-corrected chi connectivity index (χ4v) is 2.90. The minimum absolute atomic E-state index is 0.130. The molecule has 2 aliphatic heterocycles. The molecule has 88 valence electrons. The Kier molecular flexibility index (Phi) is 3.97. The first kappa shape index (κ1) is 11.3. The van der Waals surface area contributed by atoms with Crippen molar-refractivity contribution in [3.8, 4) is 0 Å². The molecule has 4 nitrogen and oxygen atoms in total. The van der Waals surface area contributed by atoms with Gasteiger partial charge in [0.25, 0.3) is 0 Å². The van der Waals surface area contributed by atoms with Crippen molar-refractivity contribution in [2.75, 3.05) is 46.0 Å². The van der Waals surface area contributed by atoms with E-state index in [-0.39, 0.29) is 6.61 Å². The lowest BCUT2D eigenvalue weighted by Gasteiger charge is -2.23. The van der Waals surface area contributed by atoms with Gasteiger partial charge >= 0.3 is 0 Å². The summed E-state index contributed by atoms with van der Waals surface area (Å²) in [7, 11) is 0. The number of ether oxygens (including phenoxy) is 1. The lowest BCUT2D eigenvalue weighted by atomic mass is 9.95. The molecule has 0 aromatic heterocycles. The average molecular weight is 214 g/mol. The molecule has 0 saturated carbocycles. The Morgan fingerprint density at radius 3 is 3.00 bits per heavy atom. The molecule has 3 unspecified atom stereocenters. The van der Waals surface area contributed by atoms with E-state index in [4.69, 9.17) is 9.84 Å². The van der Waals surface area contributed by atoms with Crippen molar-refractivity contribution in [1.29, 1.82) is 0 Å². The first-order valence-corrected chi connectivity index (χ1v) is 5.96. The average Bonchev–Trinajstić information content (AvgIpc) is 2.78. The Labute approximate surface area is 91.6 Å². The third kappa shape index (κ3) is 2.50. The molecule has 0 radical (unpaired) electrons. The summed E-state index contributed by atoms with van der Waals surface area (Å²) in [6.45, 7) is 8.25. The summed E-state index contributed by atoms with van der Waals surface area (Å²) in [6, 6.07) is 0.683. The van der Waals surface area contributed by atoms with Gasteiger partial charge in [-0.2, -0.15) is 0 Å². The molecular formula is C11H22N2O2. The minimum Gasteiger partial charge on any atom is -0.394 e. The van der Waals surface area contributed by atoms with Crippen molar-refractivity contribution < 1.29 is 9.84 Å². The Bertz CT molecular complexity index is 201. The molecule has 0 spiro atoms. The zero-order valence-electron chi connectivity index (χ0n) is 9.48. The van der Waals surface area contributed by atoms with Gasteiger partial charge in [-0.3, -0.25) is 4.90 Å². The number of fused-ring (bicyclic) bond motifs is 1. The van der Waals surface area contributed by atoms with Gasteiger partial charge in [0.2, 0.25) is 0 Å². The van der Waals surface area contributed by atoms with Crippen LogP contribution in [0.1, 0.15) is 6.92 Å². The number of aliphatic hydroxyl groups is 1. The quantitative estimate of drug-likeness (QED) is 0.608. The summed E-state index contributed by atoms with van der Waals surface area (Å²) >= 11 is 0. The van der Waals surface area contributed by atoms with Crippen molar-refractivity contribution in [2.45, 2.75) is 13.0 Å². The molecule has 0 bridgehead atoms. The standard InChI is InChI=1S/C11H22N2O2/c1-9-11-7-12-6-10(11)8-13(9)2-4-15-5-3-14/h9-12,14H,2-8H2,1H3. The Hall–Kier alpha value is -0.160. The predicted molar refractivity (Wildman–Crippen MR) is 58.8 cm³/mol. The first-order valence-electron chi connectivity index (χ1n) is 5.96. The fraction of sp³-hybridized carbons (Fsp3) is 1.00. The second-order valence-corrected chi connectivity index (χ2v) is 4.65. The molecule has 2 fully saturated rings. The van der Waals surface area contributed by atoms with E-state index in [2.05, 4.69) is 17.1 Å². The van der Waals surface area contributed by atoms with Crippen LogP contribution in [0.3, 0.4) is 0 Å². The van der Waals surface area contributed by atoms with Crippen molar-refractivity contribution in [3.63, 3.8) is 0 Å². The molecule has 0 amide bonds. The fourth-order valence-electron chi connectivity index (χ4n) is 2.90. The molecule has 2 aliphatic rings. The van der Waals surface area contributed by atoms with E-state index in [0.29, 0.717) is 12.6 Å². The monoisotopic (exact) mass is 214 g/mol. The van der Waals surface area contributed by atoms with Crippen LogP contribution >= 0.6 is 0 Å². The normalized spacial score (nSPS) is 36.0. The van der Waals surface area contributed by atoms with Gasteiger partial charge in [0.05, 0.1) is 19.8 Å². The minimum atomic E-state index is 0.130. The summed E-state index contributed by atoms with van der Waals surface area (Å²) in [6.07, 6.45) is 0. The number of hydrogen-bond donors (Lipinski definition) is 2. The molecule has 0 aromatic carbocycles. The largest absolute Gasteiger partial charge is 0.394 e. The predicted octanol–water partition coefficient (Wildman–Crippen LogP) is -0.465. The second kappa shape index (κ2) is 5.25. The third-order valence-electron chi connectivity index (χ3n) is 3.82. The lowest BCUT2D eigenvalue weighted by Crippen LogP contribution is -2.35. The number of likely N-dealkylation sites (tertiary alicyclic amines) is 1. The Morgan fingerprint density at radius 1 is 1.40 bits per heavy atom. The Balaban J connectivity index is 1.70. The smallest absolute Gasteiger partial charge is 0.0698 e. The summed E-state index contributed by atoms with van der Waals surface area (Å²) in [5.41, 5.74) is 0. The SMILES string of the molecule is CC1C2CNCC2CN1CCOCCO. The number of aliphatic hydroxyl groups excluding tert-OH is 1. The molecule has 2 heterocycles. The molecule has 15 heavy (non-hydrogen) atoms. The Morgan fingerprint density at radius 2 is 2.27 bits per heavy atom. The van der Waals surface area contributed by atoms with Crippen molar-refractivity contribution in [2.24, 2.45) is 11.8 Å². The lowest BCUT2D eigenvalue weighted by molar-refractivity contribution is 0.0700. The highest BCUT2D eigenvalue weighted by Gasteiger charge is 2.41. The van der Waals surface area contributed by atoms with E-state index in [1.54, 1.807) is 0 Å². The molecule has 2 rings (SSSR count). The van der Waals surface area contributed by atoms with Gasteiger partial charge in [-0.05, 0) is 31.8 Å². The third-order valence-corrected chi connectivity index (χ3v) is 3.82. The van der Waals surface area contributed by atoms with Gasteiger partial charge in [-0.1, -0.05) is 0 Å². The van der Waals surface area contributed by atoms with E-state index in [1.807, 2.05) is 0 Å². The summed E-state index contributed by atoms with van der Waals surface area (Å²) in [5, 5.41) is 12.1. The van der Waals surface area contributed by atoms with Crippen LogP contribution in [-0.4, -0.2) is 62.0 Å². The van der Waals surface area contributed by atoms with E-state index in [9.17, 15) is 0 Å². The van der Waals surface area contributed by atoms with Crippen LogP contribution in [0.25, 0.3) is 0 Å². The van der Waals surface area contributed by atoms with Gasteiger partial charge in [-0.25, -0.2) is 0 Å². The molecule has 2 N–H and O–H groups in total. The maximum atomic E-state index is 8.59. The maximum absolute atomic E-state index is 8.59. The molecule has 3 atom stereocenters. The van der Waals surface area contributed by atoms with Gasteiger partial charge < -0.3 is 15.2 Å². The van der Waals surface area contributed by atoms with E-state index in [1.165, 1.54) is 19.6 Å². The first-order chi connectivity index (χ1) is 7.33. The number of hydrogen-bond acceptors (Lipinski definition) is 4. The highest BCUT2D eigenvalue weighted by atomic mass is 16.5. The highest BCUT2D eigenvalue weighted by molar-refractivity contribution is 4.96. The van der Waals surface area contributed by atoms with Crippen LogP contribution in [0.15, 0.2) is 0 Å². The molecule has 0 aliphatic carbocycles. The highest BCUT2D eigenvalue weighted by Crippen LogP contribution is 2.31. The van der Waals surface area contributed by atoms with Crippen molar-refractivity contribution in [3.05, 3.63) is 0 Å². The van der Waals surface area contributed by atoms with Crippen LogP contribution in [0, 0.1) is 11.8 Å². The van der Waals surface area contributed by atoms with Gasteiger partial charge in [0.15, 0.2) is 0 Å². The molecule has 0 aromatic rings. The zero-order chi connectivity index (χ0) is 10.7. The van der Waals surface area contributed by atoms with Crippen LogP contribution in [0.2, 0.25) is 0 Å². The topological polar surface area (TPSA) is 44.7 Å². The zero-order valence-corrected chi connectivity index (χ0v) is 9.48. The van der Waals surface area contributed by atoms with Crippen LogP contribution in [-0.2, 0) is 4.74 Å². The van der Waals surface area contributed by atoms with E-state index in [0.717, 1.165) is 25.0 Å². The van der Waals surface area contributed by atoms with Crippen molar-refractivity contribution in [1.82, 2.24) is 10.2 Å². The molecule has 4 heteroatoms. The van der Waals surface area contributed by atoms with Crippen LogP contribution in [0.4, 0.5) is 0 Å². The van der Waals surface area contributed by atoms with Gasteiger partial charge in [0, 0.05) is 19.1 Å².